The van der Waals surface area contributed by atoms with Crippen molar-refractivity contribution in [1.29, 1.82) is 0 Å². The maximum atomic E-state index is 15.6. The van der Waals surface area contributed by atoms with Gasteiger partial charge in [-0.25, -0.2) is 19.2 Å². The monoisotopic (exact) mass is 1090 g/mol. The Bertz CT molecular complexity index is 3010. The topological polar surface area (TPSA) is 269 Å². The Morgan fingerprint density at radius 3 is 2.15 bits per heavy atom. The quantitative estimate of drug-likeness (QED) is 0.0497. The molecule has 4 aliphatic carbocycles. The molecule has 5 aliphatic rings. The number of alkyl carbamates (subject to hydrolysis) is 2. The number of ether oxygens (including phenoxy) is 7. The Kier molecular flexibility index (Phi) is 15.0. The van der Waals surface area contributed by atoms with Gasteiger partial charge in [-0.15, -0.1) is 11.3 Å². The highest BCUT2D eigenvalue weighted by Crippen LogP contribution is 2.73. The summed E-state index contributed by atoms with van der Waals surface area (Å²) < 4.78 is 43.0. The summed E-state index contributed by atoms with van der Waals surface area (Å²) in [6.45, 7) is 11.2. The van der Waals surface area contributed by atoms with Crippen molar-refractivity contribution in [3.8, 4) is 0 Å². The highest BCUT2D eigenvalue weighted by molar-refractivity contribution is 7.19. The third-order valence-electron chi connectivity index (χ3n) is 16.9. The summed E-state index contributed by atoms with van der Waals surface area (Å²) in [5, 5.41) is 45.4. The second kappa shape index (κ2) is 20.8. The van der Waals surface area contributed by atoms with E-state index in [4.69, 9.17) is 33.2 Å². The lowest BCUT2D eigenvalue weighted by molar-refractivity contribution is -0.348. The van der Waals surface area contributed by atoms with Gasteiger partial charge in [0.2, 0.25) is 6.10 Å². The number of thiophene rings is 1. The lowest BCUT2D eigenvalue weighted by atomic mass is 9.42. The maximum absolute atomic E-state index is 15.6. The first-order valence-corrected chi connectivity index (χ1v) is 26.8. The summed E-state index contributed by atoms with van der Waals surface area (Å²) in [6.07, 6.45) is -12.3. The number of nitrogens with one attached hydrogen (secondary N) is 2. The van der Waals surface area contributed by atoms with Crippen LogP contribution in [0.2, 0.25) is 0 Å². The molecule has 12 atom stereocenters. The zero-order valence-corrected chi connectivity index (χ0v) is 45.5. The van der Waals surface area contributed by atoms with E-state index in [1.807, 2.05) is 37.3 Å². The van der Waals surface area contributed by atoms with Gasteiger partial charge in [-0.05, 0) is 99.2 Å². The number of esters is 4. The molecule has 2 bridgehead atoms. The highest BCUT2D eigenvalue weighted by atomic mass is 32.1. The van der Waals surface area contributed by atoms with Gasteiger partial charge in [-0.3, -0.25) is 14.4 Å². The molecule has 20 heteroatoms. The lowest BCUT2D eigenvalue weighted by Gasteiger charge is -2.68. The van der Waals surface area contributed by atoms with Gasteiger partial charge < -0.3 is 59.1 Å². The Labute approximate surface area is 454 Å². The summed E-state index contributed by atoms with van der Waals surface area (Å²) in [6, 6.07) is 23.8. The highest BCUT2D eigenvalue weighted by Gasteiger charge is 2.81. The molecular formula is C58H66N2O17S. The van der Waals surface area contributed by atoms with Crippen LogP contribution in [0.1, 0.15) is 108 Å². The smallest absolute Gasteiger partial charge is 0.408 e. The molecule has 1 aromatic heterocycles. The molecular weight excluding hydrogens is 1030 g/mol. The van der Waals surface area contributed by atoms with Crippen LogP contribution in [-0.4, -0.2) is 124 Å². The molecule has 2 amide bonds. The second-order valence-electron chi connectivity index (χ2n) is 22.8. The minimum absolute atomic E-state index is 0.0497. The van der Waals surface area contributed by atoms with Crippen molar-refractivity contribution in [3.63, 3.8) is 0 Å². The summed E-state index contributed by atoms with van der Waals surface area (Å²) in [5.74, 6) is -6.76. The molecule has 19 nitrogen and oxygen atoms in total. The van der Waals surface area contributed by atoms with Crippen LogP contribution in [0.5, 0.6) is 0 Å². The van der Waals surface area contributed by atoms with Crippen molar-refractivity contribution < 1.29 is 82.0 Å². The van der Waals surface area contributed by atoms with Gasteiger partial charge in [0.15, 0.2) is 11.4 Å². The molecule has 5 N–H and O–H groups in total. The first kappa shape index (κ1) is 56.0. The fourth-order valence-electron chi connectivity index (χ4n) is 12.5. The van der Waals surface area contributed by atoms with E-state index in [0.717, 1.165) is 21.9 Å². The number of hydrogen-bond donors (Lipinski definition) is 5. The number of carbonyl (C=O) groups excluding carboxylic acids is 7. The predicted octanol–water partition coefficient (Wildman–Crippen LogP) is 6.73. The van der Waals surface area contributed by atoms with Crippen molar-refractivity contribution in [2.75, 3.05) is 13.2 Å². The van der Waals surface area contributed by atoms with Gasteiger partial charge >= 0.3 is 36.1 Å². The number of rotatable bonds is 14. The third-order valence-corrected chi connectivity index (χ3v) is 17.9. The number of benzene rings is 3. The van der Waals surface area contributed by atoms with Crippen LogP contribution in [-0.2, 0) is 58.9 Å². The van der Waals surface area contributed by atoms with Gasteiger partial charge in [-0.1, -0.05) is 80.6 Å². The molecule has 416 valence electrons. The summed E-state index contributed by atoms with van der Waals surface area (Å²) in [7, 11) is 0. The number of ketones is 1. The van der Waals surface area contributed by atoms with E-state index in [1.54, 1.807) is 76.2 Å². The van der Waals surface area contributed by atoms with E-state index >= 15 is 9.59 Å². The standard InChI is InChI=1S/C58H66N2O17S/c1-31-37(73-50(67)45(43(33-17-11-9-12-18-33)60-52(69)77-53(3,4)5)74-41(63)28-59-51(68)71-29-36-25-35-21-15-16-22-38(35)78-36)27-58(70)48(75-49(66)34-19-13-10-14-20-34)46-55(7,39(62)26-40-57(46,30-72-40)76-32(2)61)47(65)44(64)42(31)56(58,8)54(6)23-24-54/h9-22,25,37,39-40,43-46,48,62,64,70H,23-24,26-30H2,1-8H3,(H,59,68)(H,60,69)/t37-,39-,40+,43-,44+,45+,46-,48-,55+,56?,57-,58+/m0/s1. The molecule has 0 spiro atoms. The average molecular weight is 1100 g/mol. The molecule has 1 unspecified atom stereocenters. The molecule has 0 radical (unpaired) electrons. The average Bonchev–Trinajstić information content (AvgIpc) is 4.01. The minimum Gasteiger partial charge on any atom is -0.455 e. The number of Topliss-reactive ketones (excluding diaryl/α,β-unsaturated/α-hetero) is 1. The van der Waals surface area contributed by atoms with E-state index in [2.05, 4.69) is 10.6 Å². The fraction of sp³-hybridized carbons (Fsp3) is 0.500. The third kappa shape index (κ3) is 9.94. The Hall–Kier alpha value is -6.71. The van der Waals surface area contributed by atoms with Crippen molar-refractivity contribution >= 4 is 63.3 Å². The predicted molar refractivity (Wildman–Crippen MR) is 279 cm³/mol. The van der Waals surface area contributed by atoms with Gasteiger partial charge in [0, 0.05) is 34.8 Å². The molecule has 78 heavy (non-hydrogen) atoms. The number of fused-ring (bicyclic) bond motifs is 6. The van der Waals surface area contributed by atoms with Crippen molar-refractivity contribution in [2.45, 2.75) is 147 Å². The molecule has 1 saturated heterocycles. The molecule has 2 heterocycles. The van der Waals surface area contributed by atoms with Gasteiger partial charge in [-0.2, -0.15) is 0 Å². The summed E-state index contributed by atoms with van der Waals surface area (Å²) in [4.78, 5) is 100. The molecule has 1 aliphatic heterocycles. The van der Waals surface area contributed by atoms with Crippen LogP contribution < -0.4 is 10.6 Å². The number of amides is 2. The van der Waals surface area contributed by atoms with E-state index in [1.165, 1.54) is 37.3 Å². The molecule has 9 rings (SSSR count). The first-order valence-electron chi connectivity index (χ1n) is 26.0. The number of aliphatic hydroxyl groups is 3. The lowest BCUT2D eigenvalue weighted by Crippen LogP contribution is -2.82. The van der Waals surface area contributed by atoms with Gasteiger partial charge in [0.05, 0.1) is 29.6 Å². The van der Waals surface area contributed by atoms with Crippen LogP contribution >= 0.6 is 11.3 Å². The van der Waals surface area contributed by atoms with Crippen LogP contribution in [0.15, 0.2) is 102 Å². The van der Waals surface area contributed by atoms with E-state index in [0.29, 0.717) is 12.8 Å². The zero-order chi connectivity index (χ0) is 56.3. The SMILES string of the molecule is CC(=O)O[C@@]12CO[C@@H]1C[C@H](O)[C@@]1(C)C(=O)[C@H](O)C3=C(C)[C@@H](OC(=O)[C@H](OC(=O)CNC(=O)OCc4cc5ccccc5s4)[C@@H](NC(=O)OC(C)(C)C)c4ccccc4)C[C@@](O)([C@@H](OC(=O)c4ccccc4)[C@H]21)C3(C)C1(C)CC1. The first-order chi connectivity index (χ1) is 36.8. The number of hydrogen-bond acceptors (Lipinski definition) is 18. The van der Waals surface area contributed by atoms with Crippen molar-refractivity contribution in [1.82, 2.24) is 10.6 Å². The summed E-state index contributed by atoms with van der Waals surface area (Å²) >= 11 is 1.42. The normalized spacial score (nSPS) is 30.5. The van der Waals surface area contributed by atoms with E-state index in [-0.39, 0.29) is 41.9 Å². The Morgan fingerprint density at radius 1 is 0.885 bits per heavy atom. The summed E-state index contributed by atoms with van der Waals surface area (Å²) in [5.41, 5.74) is -9.69. The number of aliphatic hydroxyl groups excluding tert-OH is 2. The van der Waals surface area contributed by atoms with E-state index < -0.39 is 136 Å². The van der Waals surface area contributed by atoms with Crippen LogP contribution in [0.4, 0.5) is 9.59 Å². The minimum atomic E-state index is -2.47. The van der Waals surface area contributed by atoms with E-state index in [9.17, 15) is 39.3 Å². The molecule has 3 aromatic carbocycles. The van der Waals surface area contributed by atoms with Crippen LogP contribution in [0.25, 0.3) is 10.1 Å². The number of carbonyl (C=O) groups is 7. The molecule has 3 saturated carbocycles. The largest absolute Gasteiger partial charge is 0.455 e. The van der Waals surface area contributed by atoms with Crippen LogP contribution in [0, 0.1) is 22.2 Å². The zero-order valence-electron chi connectivity index (χ0n) is 44.7. The van der Waals surface area contributed by atoms with Gasteiger partial charge in [0.25, 0.3) is 0 Å². The molecule has 4 fully saturated rings. The second-order valence-corrected chi connectivity index (χ2v) is 23.9. The van der Waals surface area contributed by atoms with Crippen molar-refractivity contribution in [2.24, 2.45) is 22.2 Å². The van der Waals surface area contributed by atoms with Crippen molar-refractivity contribution in [3.05, 3.63) is 118 Å². The Morgan fingerprint density at radius 2 is 1.54 bits per heavy atom. The molecule has 4 aromatic rings. The Balaban J connectivity index is 1.12. The fourth-order valence-corrected chi connectivity index (χ4v) is 13.5. The maximum Gasteiger partial charge on any atom is 0.408 e. The van der Waals surface area contributed by atoms with Gasteiger partial charge in [0.1, 0.15) is 54.8 Å². The van der Waals surface area contributed by atoms with Crippen LogP contribution in [0.3, 0.4) is 0 Å².